The Morgan fingerprint density at radius 2 is 2.00 bits per heavy atom. The van der Waals surface area contributed by atoms with E-state index >= 15 is 0 Å². The van der Waals surface area contributed by atoms with Gasteiger partial charge in [-0.15, -0.1) is 0 Å². The van der Waals surface area contributed by atoms with E-state index in [0.717, 1.165) is 12.8 Å². The lowest BCUT2D eigenvalue weighted by molar-refractivity contribution is 0.0888. The van der Waals surface area contributed by atoms with Crippen LogP contribution in [0.25, 0.3) is 10.9 Å². The van der Waals surface area contributed by atoms with Crippen molar-refractivity contribution < 1.29 is 13.2 Å². The molecule has 3 heterocycles. The fraction of sp³-hybridized carbons (Fsp3) is 0.500. The molecule has 9 heteroatoms. The Kier molecular flexibility index (Phi) is 3.36. The minimum Gasteiger partial charge on any atom is -0.346 e. The molecule has 2 aromatic rings. The molecule has 0 aromatic carbocycles. The molecule has 4 nitrogen and oxygen atoms in total. The SMILES string of the molecule is Fc1c(Cl)ncc2c(N3CCCCC4C3C4(F)F)nc(Cl)nc12. The van der Waals surface area contributed by atoms with Crippen LogP contribution in [0.1, 0.15) is 19.3 Å². The van der Waals surface area contributed by atoms with Crippen LogP contribution < -0.4 is 4.90 Å². The van der Waals surface area contributed by atoms with Crippen molar-refractivity contribution in [1.29, 1.82) is 0 Å². The van der Waals surface area contributed by atoms with E-state index in [9.17, 15) is 13.2 Å². The van der Waals surface area contributed by atoms with Gasteiger partial charge in [-0.2, -0.15) is 4.98 Å². The molecule has 2 atom stereocenters. The number of fused-ring (bicyclic) bond motifs is 2. The third kappa shape index (κ3) is 2.24. The van der Waals surface area contributed by atoms with Crippen LogP contribution in [0.4, 0.5) is 19.0 Å². The standard InChI is InChI=1S/C14H11Cl2F3N4/c15-11-8(17)9-6(5-20-11)12(22-13(16)21-9)23-4-2-1-3-7-10(23)14(7,18)19/h5,7,10H,1-4H2. The van der Waals surface area contributed by atoms with Crippen LogP contribution in [-0.4, -0.2) is 33.5 Å². The van der Waals surface area contributed by atoms with Gasteiger partial charge in [0.25, 0.3) is 5.92 Å². The Hall–Kier alpha value is -1.34. The maximum absolute atomic E-state index is 14.2. The first-order valence-electron chi connectivity index (χ1n) is 7.23. The number of aromatic nitrogens is 3. The predicted molar refractivity (Wildman–Crippen MR) is 80.7 cm³/mol. The van der Waals surface area contributed by atoms with Crippen LogP contribution in [0.3, 0.4) is 0 Å². The monoisotopic (exact) mass is 362 g/mol. The van der Waals surface area contributed by atoms with E-state index in [1.165, 1.54) is 11.1 Å². The average molecular weight is 363 g/mol. The molecule has 23 heavy (non-hydrogen) atoms. The second kappa shape index (κ2) is 5.08. The molecule has 4 rings (SSSR count). The van der Waals surface area contributed by atoms with Gasteiger partial charge < -0.3 is 4.90 Å². The lowest BCUT2D eigenvalue weighted by atomic mass is 10.2. The van der Waals surface area contributed by atoms with E-state index in [1.807, 2.05) is 0 Å². The van der Waals surface area contributed by atoms with Crippen molar-refractivity contribution in [2.75, 3.05) is 11.4 Å². The van der Waals surface area contributed by atoms with Crippen LogP contribution >= 0.6 is 23.2 Å². The van der Waals surface area contributed by atoms with E-state index in [1.54, 1.807) is 0 Å². The van der Waals surface area contributed by atoms with Gasteiger partial charge >= 0.3 is 0 Å². The van der Waals surface area contributed by atoms with Gasteiger partial charge in [-0.25, -0.2) is 23.1 Å². The molecular formula is C14H11Cl2F3N4. The van der Waals surface area contributed by atoms with Crippen molar-refractivity contribution in [3.8, 4) is 0 Å². The maximum Gasteiger partial charge on any atom is 0.273 e. The first-order valence-corrected chi connectivity index (χ1v) is 7.98. The van der Waals surface area contributed by atoms with Crippen molar-refractivity contribution in [2.45, 2.75) is 31.2 Å². The number of hydrogen-bond acceptors (Lipinski definition) is 4. The second-order valence-corrected chi connectivity index (χ2v) is 6.55. The summed E-state index contributed by atoms with van der Waals surface area (Å²) in [6, 6.07) is -0.932. The third-order valence-corrected chi connectivity index (χ3v) is 4.96. The highest BCUT2D eigenvalue weighted by atomic mass is 35.5. The van der Waals surface area contributed by atoms with E-state index in [2.05, 4.69) is 15.0 Å². The van der Waals surface area contributed by atoms with Gasteiger partial charge in [-0.3, -0.25) is 0 Å². The summed E-state index contributed by atoms with van der Waals surface area (Å²) in [6.07, 6.45) is 3.26. The first-order chi connectivity index (χ1) is 10.9. The van der Waals surface area contributed by atoms with Gasteiger partial charge in [0, 0.05) is 12.7 Å². The number of rotatable bonds is 1. The highest BCUT2D eigenvalue weighted by Crippen LogP contribution is 2.57. The molecule has 0 bridgehead atoms. The van der Waals surface area contributed by atoms with Crippen LogP contribution in [0, 0.1) is 11.7 Å². The van der Waals surface area contributed by atoms with Gasteiger partial charge in [0.1, 0.15) is 17.4 Å². The van der Waals surface area contributed by atoms with E-state index in [-0.39, 0.29) is 27.2 Å². The summed E-state index contributed by atoms with van der Waals surface area (Å²) in [5, 5.41) is -0.318. The van der Waals surface area contributed by atoms with Gasteiger partial charge in [-0.05, 0) is 24.4 Å². The normalized spacial score (nSPS) is 26.0. The van der Waals surface area contributed by atoms with Gasteiger partial charge in [0.15, 0.2) is 11.0 Å². The van der Waals surface area contributed by atoms with Crippen LogP contribution in [0.5, 0.6) is 0 Å². The Morgan fingerprint density at radius 1 is 1.22 bits per heavy atom. The van der Waals surface area contributed by atoms with Crippen molar-refractivity contribution in [3.63, 3.8) is 0 Å². The molecule has 0 amide bonds. The fourth-order valence-corrected chi connectivity index (χ4v) is 3.69. The number of alkyl halides is 2. The zero-order valence-corrected chi connectivity index (χ0v) is 13.3. The van der Waals surface area contributed by atoms with Crippen molar-refractivity contribution in [1.82, 2.24) is 15.0 Å². The lowest BCUT2D eigenvalue weighted by Gasteiger charge is -2.24. The minimum atomic E-state index is -2.76. The second-order valence-electron chi connectivity index (χ2n) is 5.86. The zero-order chi connectivity index (χ0) is 16.4. The molecule has 1 aliphatic carbocycles. The van der Waals surface area contributed by atoms with E-state index in [4.69, 9.17) is 23.2 Å². The minimum absolute atomic E-state index is 0.107. The number of anilines is 1. The molecule has 2 fully saturated rings. The Bertz CT molecular complexity index is 801. The zero-order valence-electron chi connectivity index (χ0n) is 11.7. The highest BCUT2D eigenvalue weighted by molar-refractivity contribution is 6.30. The molecule has 0 spiro atoms. The molecule has 0 radical (unpaired) electrons. The molecule has 2 unspecified atom stereocenters. The summed E-state index contributed by atoms with van der Waals surface area (Å²) in [7, 11) is 0. The number of nitrogens with zero attached hydrogens (tertiary/aromatic N) is 4. The molecule has 2 aromatic heterocycles. The summed E-state index contributed by atoms with van der Waals surface area (Å²) in [4.78, 5) is 13.2. The topological polar surface area (TPSA) is 41.9 Å². The average Bonchev–Trinajstić information content (AvgIpc) is 3.12. The molecule has 2 aliphatic rings. The maximum atomic E-state index is 14.2. The van der Waals surface area contributed by atoms with Crippen LogP contribution in [0.2, 0.25) is 10.4 Å². The Balaban J connectivity index is 1.90. The summed E-state index contributed by atoms with van der Waals surface area (Å²) in [5.74, 6) is -4.09. The summed E-state index contributed by atoms with van der Waals surface area (Å²) >= 11 is 11.5. The largest absolute Gasteiger partial charge is 0.346 e. The summed E-state index contributed by atoms with van der Waals surface area (Å²) in [6.45, 7) is 0.406. The molecule has 1 saturated heterocycles. The molecule has 1 aliphatic heterocycles. The van der Waals surface area contributed by atoms with Gasteiger partial charge in [0.05, 0.1) is 11.3 Å². The Morgan fingerprint density at radius 3 is 2.78 bits per heavy atom. The molecule has 122 valence electrons. The van der Waals surface area contributed by atoms with Crippen molar-refractivity contribution in [2.24, 2.45) is 5.92 Å². The van der Waals surface area contributed by atoms with Crippen molar-refractivity contribution >= 4 is 39.9 Å². The fourth-order valence-electron chi connectivity index (χ4n) is 3.38. The predicted octanol–water partition coefficient (Wildman–Crippen LogP) is 4.09. The smallest absolute Gasteiger partial charge is 0.273 e. The first kappa shape index (κ1) is 15.2. The highest BCUT2D eigenvalue weighted by Gasteiger charge is 2.70. The number of pyridine rings is 1. The molecule has 0 N–H and O–H groups in total. The lowest BCUT2D eigenvalue weighted by Crippen LogP contribution is -2.31. The Labute approximate surface area is 139 Å². The third-order valence-electron chi connectivity index (χ3n) is 4.53. The van der Waals surface area contributed by atoms with Crippen molar-refractivity contribution in [3.05, 3.63) is 22.5 Å². The summed E-state index contributed by atoms with van der Waals surface area (Å²) < 4.78 is 42.2. The number of hydrogen-bond donors (Lipinski definition) is 0. The van der Waals surface area contributed by atoms with E-state index < -0.39 is 23.7 Å². The van der Waals surface area contributed by atoms with Gasteiger partial charge in [0.2, 0.25) is 5.28 Å². The molecular weight excluding hydrogens is 352 g/mol. The van der Waals surface area contributed by atoms with Gasteiger partial charge in [-0.1, -0.05) is 18.0 Å². The van der Waals surface area contributed by atoms with E-state index in [0.29, 0.717) is 13.0 Å². The van der Waals surface area contributed by atoms with Crippen LogP contribution in [0.15, 0.2) is 6.20 Å². The summed E-state index contributed by atoms with van der Waals surface area (Å²) in [5.41, 5.74) is -0.107. The molecule has 1 saturated carbocycles. The number of halogens is 5. The van der Waals surface area contributed by atoms with Crippen LogP contribution in [-0.2, 0) is 0 Å². The quantitative estimate of drug-likeness (QED) is 0.565.